The van der Waals surface area contributed by atoms with Gasteiger partial charge in [0, 0.05) is 12.6 Å². The molecule has 1 fully saturated rings. The molecule has 1 aromatic rings. The van der Waals surface area contributed by atoms with Crippen LogP contribution in [0.3, 0.4) is 0 Å². The molecule has 2 heteroatoms. The van der Waals surface area contributed by atoms with E-state index in [4.69, 9.17) is 4.74 Å². The average Bonchev–Trinajstić information content (AvgIpc) is 3.20. The van der Waals surface area contributed by atoms with Gasteiger partial charge in [-0.25, -0.2) is 0 Å². The van der Waals surface area contributed by atoms with Crippen LogP contribution in [0.5, 0.6) is 0 Å². The molecule has 0 spiro atoms. The van der Waals surface area contributed by atoms with Gasteiger partial charge in [-0.15, -0.1) is 0 Å². The molecule has 0 aliphatic heterocycles. The largest absolute Gasteiger partial charge is 0.377 e. The highest BCUT2D eigenvalue weighted by Crippen LogP contribution is 2.36. The van der Waals surface area contributed by atoms with E-state index in [1.54, 1.807) is 11.1 Å². The molecule has 2 aliphatic rings. The summed E-state index contributed by atoms with van der Waals surface area (Å²) in [4.78, 5) is 0. The summed E-state index contributed by atoms with van der Waals surface area (Å²) in [7, 11) is 2.08. The zero-order valence-corrected chi connectivity index (χ0v) is 12.8. The second-order valence-electron chi connectivity index (χ2n) is 6.31. The van der Waals surface area contributed by atoms with E-state index in [0.29, 0.717) is 12.1 Å². The molecule has 0 aromatic heterocycles. The first-order valence-corrected chi connectivity index (χ1v) is 8.21. The molecule has 1 N–H and O–H groups in total. The van der Waals surface area contributed by atoms with Crippen molar-refractivity contribution in [3.05, 3.63) is 34.9 Å². The lowest BCUT2D eigenvalue weighted by atomic mass is 9.96. The molecular formula is C18H27NO. The predicted octanol–water partition coefficient (Wildman–Crippen LogP) is 3.12. The zero-order valence-electron chi connectivity index (χ0n) is 12.8. The van der Waals surface area contributed by atoms with Gasteiger partial charge in [-0.2, -0.15) is 0 Å². The highest BCUT2D eigenvalue weighted by molar-refractivity contribution is 5.35. The average molecular weight is 273 g/mol. The third-order valence-electron chi connectivity index (χ3n) is 4.83. The van der Waals surface area contributed by atoms with E-state index in [-0.39, 0.29) is 0 Å². The van der Waals surface area contributed by atoms with Crippen LogP contribution < -0.4 is 5.32 Å². The van der Waals surface area contributed by atoms with Gasteiger partial charge in [0.2, 0.25) is 0 Å². The number of benzene rings is 1. The number of rotatable bonds is 7. The van der Waals surface area contributed by atoms with Crippen molar-refractivity contribution < 1.29 is 4.74 Å². The summed E-state index contributed by atoms with van der Waals surface area (Å²) in [6.07, 6.45) is 8.03. The van der Waals surface area contributed by atoms with E-state index in [9.17, 15) is 0 Å². The molecule has 110 valence electrons. The first-order valence-electron chi connectivity index (χ1n) is 8.21. The van der Waals surface area contributed by atoms with Crippen LogP contribution in [0.4, 0.5) is 0 Å². The molecular weight excluding hydrogens is 246 g/mol. The van der Waals surface area contributed by atoms with Crippen molar-refractivity contribution in [3.63, 3.8) is 0 Å². The molecule has 1 saturated carbocycles. The summed E-state index contributed by atoms with van der Waals surface area (Å²) in [5.41, 5.74) is 4.62. The SMILES string of the molecule is CCOC(C1CC1)C(Cc1ccc2c(c1)CCC2)NC. The van der Waals surface area contributed by atoms with E-state index in [2.05, 4.69) is 37.5 Å². The third kappa shape index (κ3) is 3.07. The van der Waals surface area contributed by atoms with E-state index >= 15 is 0 Å². The Kier molecular flexibility index (Phi) is 4.42. The standard InChI is InChI=1S/C18H27NO/c1-3-20-18(15-9-10-15)17(19-2)12-13-7-8-14-5-4-6-16(14)11-13/h7-8,11,15,17-19H,3-6,9-10,12H2,1-2H3. The lowest BCUT2D eigenvalue weighted by Crippen LogP contribution is -2.42. The maximum atomic E-state index is 6.02. The maximum absolute atomic E-state index is 6.02. The van der Waals surface area contributed by atoms with Crippen molar-refractivity contribution in [1.29, 1.82) is 0 Å². The zero-order chi connectivity index (χ0) is 13.9. The van der Waals surface area contributed by atoms with Crippen LogP contribution in [0.15, 0.2) is 18.2 Å². The first kappa shape index (κ1) is 14.1. The van der Waals surface area contributed by atoms with Gasteiger partial charge in [-0.05, 0) is 75.1 Å². The lowest BCUT2D eigenvalue weighted by Gasteiger charge is -2.27. The highest BCUT2D eigenvalue weighted by atomic mass is 16.5. The summed E-state index contributed by atoms with van der Waals surface area (Å²) >= 11 is 0. The van der Waals surface area contributed by atoms with Gasteiger partial charge >= 0.3 is 0 Å². The van der Waals surface area contributed by atoms with Crippen molar-refractivity contribution in [2.45, 2.75) is 57.6 Å². The van der Waals surface area contributed by atoms with Crippen LogP contribution in [-0.2, 0) is 24.0 Å². The van der Waals surface area contributed by atoms with E-state index in [1.165, 1.54) is 37.7 Å². The van der Waals surface area contributed by atoms with Crippen LogP contribution in [0.2, 0.25) is 0 Å². The number of aryl methyl sites for hydroxylation is 2. The van der Waals surface area contributed by atoms with Crippen LogP contribution in [0, 0.1) is 5.92 Å². The van der Waals surface area contributed by atoms with Gasteiger partial charge in [0.1, 0.15) is 0 Å². The molecule has 0 radical (unpaired) electrons. The van der Waals surface area contributed by atoms with Crippen LogP contribution in [0.25, 0.3) is 0 Å². The third-order valence-corrected chi connectivity index (χ3v) is 4.83. The Hall–Kier alpha value is -0.860. The molecule has 0 amide bonds. The number of likely N-dealkylation sites (N-methyl/N-ethyl adjacent to an activating group) is 1. The van der Waals surface area contributed by atoms with Gasteiger partial charge in [0.15, 0.2) is 0 Å². The van der Waals surface area contributed by atoms with Crippen molar-refractivity contribution in [3.8, 4) is 0 Å². The van der Waals surface area contributed by atoms with Crippen LogP contribution in [0.1, 0.15) is 42.9 Å². The number of nitrogens with one attached hydrogen (secondary N) is 1. The quantitative estimate of drug-likeness (QED) is 0.824. The summed E-state index contributed by atoms with van der Waals surface area (Å²) in [6, 6.07) is 7.55. The number of hydrogen-bond acceptors (Lipinski definition) is 2. The van der Waals surface area contributed by atoms with E-state index in [0.717, 1.165) is 18.9 Å². The molecule has 0 heterocycles. The van der Waals surface area contributed by atoms with Gasteiger partial charge in [-0.1, -0.05) is 18.2 Å². The second kappa shape index (κ2) is 6.28. The van der Waals surface area contributed by atoms with Crippen molar-refractivity contribution in [1.82, 2.24) is 5.32 Å². The van der Waals surface area contributed by atoms with Gasteiger partial charge in [0.05, 0.1) is 6.10 Å². The second-order valence-corrected chi connectivity index (χ2v) is 6.31. The topological polar surface area (TPSA) is 21.3 Å². The van der Waals surface area contributed by atoms with Crippen LogP contribution in [-0.4, -0.2) is 25.8 Å². The minimum absolute atomic E-state index is 0.387. The molecule has 2 aliphatic carbocycles. The van der Waals surface area contributed by atoms with Gasteiger partial charge in [0.25, 0.3) is 0 Å². The summed E-state index contributed by atoms with van der Waals surface area (Å²) in [6.45, 7) is 2.93. The Morgan fingerprint density at radius 1 is 1.25 bits per heavy atom. The first-order chi connectivity index (χ1) is 9.81. The van der Waals surface area contributed by atoms with Crippen LogP contribution >= 0.6 is 0 Å². The molecule has 2 nitrogen and oxygen atoms in total. The molecule has 1 aromatic carbocycles. The Morgan fingerprint density at radius 3 is 2.75 bits per heavy atom. The molecule has 0 saturated heterocycles. The highest BCUT2D eigenvalue weighted by Gasteiger charge is 2.36. The summed E-state index contributed by atoms with van der Waals surface area (Å²) < 4.78 is 6.02. The predicted molar refractivity (Wildman–Crippen MR) is 83.2 cm³/mol. The number of hydrogen-bond donors (Lipinski definition) is 1. The monoisotopic (exact) mass is 273 g/mol. The Labute approximate surface area is 122 Å². The molecule has 3 rings (SSSR count). The molecule has 2 unspecified atom stereocenters. The number of fused-ring (bicyclic) bond motifs is 1. The number of ether oxygens (including phenoxy) is 1. The van der Waals surface area contributed by atoms with Crippen molar-refractivity contribution >= 4 is 0 Å². The Bertz CT molecular complexity index is 453. The fourth-order valence-electron chi connectivity index (χ4n) is 3.59. The molecule has 20 heavy (non-hydrogen) atoms. The molecule has 2 atom stereocenters. The van der Waals surface area contributed by atoms with Crippen molar-refractivity contribution in [2.75, 3.05) is 13.7 Å². The summed E-state index contributed by atoms with van der Waals surface area (Å²) in [5.74, 6) is 0.779. The molecule has 0 bridgehead atoms. The Balaban J connectivity index is 1.70. The smallest absolute Gasteiger partial charge is 0.0759 e. The van der Waals surface area contributed by atoms with E-state index in [1.807, 2.05) is 0 Å². The minimum Gasteiger partial charge on any atom is -0.377 e. The normalized spacial score (nSPS) is 20.7. The maximum Gasteiger partial charge on any atom is 0.0759 e. The van der Waals surface area contributed by atoms with Gasteiger partial charge < -0.3 is 10.1 Å². The van der Waals surface area contributed by atoms with Gasteiger partial charge in [-0.3, -0.25) is 0 Å². The fraction of sp³-hybridized carbons (Fsp3) is 0.667. The van der Waals surface area contributed by atoms with Crippen molar-refractivity contribution in [2.24, 2.45) is 5.92 Å². The lowest BCUT2D eigenvalue weighted by molar-refractivity contribution is 0.0211. The fourth-order valence-corrected chi connectivity index (χ4v) is 3.59. The van der Waals surface area contributed by atoms with E-state index < -0.39 is 0 Å². The Morgan fingerprint density at radius 2 is 2.05 bits per heavy atom. The summed E-state index contributed by atoms with van der Waals surface area (Å²) in [5, 5.41) is 3.50. The minimum atomic E-state index is 0.387.